The molecule has 6 heteroatoms. The average molecular weight is 348 g/mol. The highest BCUT2D eigenvalue weighted by Gasteiger charge is 2.27. The lowest BCUT2D eigenvalue weighted by molar-refractivity contribution is 0.175. The van der Waals surface area contributed by atoms with Crippen molar-refractivity contribution in [2.75, 3.05) is 32.4 Å². The van der Waals surface area contributed by atoms with Crippen LogP contribution in [0.15, 0.2) is 48.5 Å². The molecular weight excluding hydrogens is 327 g/mol. The maximum absolute atomic E-state index is 14.1. The predicted octanol–water partition coefficient (Wildman–Crippen LogP) is 2.79. The number of sulfonamides is 1. The molecule has 0 N–H and O–H groups in total. The molecule has 1 atom stereocenters. The molecular formula is C18H21FN2O2S. The quantitative estimate of drug-likeness (QED) is 0.798. The van der Waals surface area contributed by atoms with Crippen molar-refractivity contribution in [3.63, 3.8) is 0 Å². The summed E-state index contributed by atoms with van der Waals surface area (Å²) in [5.41, 5.74) is 2.54. The highest BCUT2D eigenvalue weighted by atomic mass is 32.3. The van der Waals surface area contributed by atoms with E-state index >= 15 is 0 Å². The van der Waals surface area contributed by atoms with Crippen LogP contribution in [0.1, 0.15) is 5.56 Å². The minimum Gasteiger partial charge on any atom is -0.598 e. The summed E-state index contributed by atoms with van der Waals surface area (Å²) >= 11 is 0. The van der Waals surface area contributed by atoms with E-state index in [0.29, 0.717) is 38.3 Å². The van der Waals surface area contributed by atoms with E-state index < -0.39 is 10.4 Å². The standard InChI is InChI=1S/C18H21FN2O2S/c1-24(22,23)21-12-10-20(11-13-21)14-15-6-2-3-7-16(15)17-8-4-5-9-18(17)19/h2-9H,10-14H2,1H3. The van der Waals surface area contributed by atoms with Gasteiger partial charge in [-0.15, -0.1) is 4.31 Å². The summed E-state index contributed by atoms with van der Waals surface area (Å²) in [6.45, 7) is 3.04. The van der Waals surface area contributed by atoms with E-state index in [9.17, 15) is 13.2 Å². The van der Waals surface area contributed by atoms with Crippen LogP contribution in [0.4, 0.5) is 4.39 Å². The van der Waals surface area contributed by atoms with E-state index in [0.717, 1.165) is 11.1 Å². The highest BCUT2D eigenvalue weighted by molar-refractivity contribution is 7.94. The van der Waals surface area contributed by atoms with Gasteiger partial charge in [0.05, 0.1) is 13.1 Å². The van der Waals surface area contributed by atoms with Crippen LogP contribution in [0.2, 0.25) is 0 Å². The van der Waals surface area contributed by atoms with Gasteiger partial charge in [0.25, 0.3) is 0 Å². The summed E-state index contributed by atoms with van der Waals surface area (Å²) in [6.07, 6.45) is 1.25. The van der Waals surface area contributed by atoms with Gasteiger partial charge in [0.2, 0.25) is 0 Å². The molecule has 2 aromatic rings. The maximum atomic E-state index is 14.1. The smallest absolute Gasteiger partial charge is 0.131 e. The molecule has 24 heavy (non-hydrogen) atoms. The largest absolute Gasteiger partial charge is 0.598 e. The van der Waals surface area contributed by atoms with E-state index in [1.165, 1.54) is 16.6 Å². The molecule has 0 radical (unpaired) electrons. The van der Waals surface area contributed by atoms with E-state index in [1.807, 2.05) is 30.3 Å². The van der Waals surface area contributed by atoms with Gasteiger partial charge in [0.1, 0.15) is 22.5 Å². The Balaban J connectivity index is 1.76. The molecule has 0 amide bonds. The molecule has 4 nitrogen and oxygen atoms in total. The van der Waals surface area contributed by atoms with Gasteiger partial charge in [0.15, 0.2) is 0 Å². The molecule has 1 saturated heterocycles. The number of piperazine rings is 1. The highest BCUT2D eigenvalue weighted by Crippen LogP contribution is 2.27. The van der Waals surface area contributed by atoms with Gasteiger partial charge < -0.3 is 4.55 Å². The lowest BCUT2D eigenvalue weighted by Gasteiger charge is -2.35. The van der Waals surface area contributed by atoms with Gasteiger partial charge in [0, 0.05) is 25.2 Å². The summed E-state index contributed by atoms with van der Waals surface area (Å²) in [5.74, 6) is -0.230. The Kier molecular flexibility index (Phi) is 5.10. The van der Waals surface area contributed by atoms with Crippen LogP contribution in [0.5, 0.6) is 0 Å². The number of halogens is 1. The maximum Gasteiger partial charge on any atom is 0.131 e. The van der Waals surface area contributed by atoms with Crippen LogP contribution in [0.25, 0.3) is 11.1 Å². The molecule has 128 valence electrons. The Morgan fingerprint density at radius 2 is 1.58 bits per heavy atom. The summed E-state index contributed by atoms with van der Waals surface area (Å²) in [6, 6.07) is 14.6. The van der Waals surface area contributed by atoms with E-state index in [2.05, 4.69) is 4.90 Å². The topological polar surface area (TPSA) is 46.6 Å². The molecule has 1 heterocycles. The van der Waals surface area contributed by atoms with Crippen molar-refractivity contribution in [1.29, 1.82) is 0 Å². The summed E-state index contributed by atoms with van der Waals surface area (Å²) in [7, 11) is -3.12. The molecule has 0 spiro atoms. The lowest BCUT2D eigenvalue weighted by atomic mass is 9.99. The van der Waals surface area contributed by atoms with Gasteiger partial charge in [-0.3, -0.25) is 4.90 Å². The minimum atomic E-state index is -3.12. The lowest BCUT2D eigenvalue weighted by Crippen LogP contribution is -2.49. The Bertz CT molecular complexity index is 754. The molecule has 0 saturated carbocycles. The third kappa shape index (κ3) is 3.89. The summed E-state index contributed by atoms with van der Waals surface area (Å²) in [4.78, 5) is 2.21. The van der Waals surface area contributed by atoms with Crippen molar-refractivity contribution < 1.29 is 13.2 Å². The van der Waals surface area contributed by atoms with Crippen molar-refractivity contribution >= 4 is 10.4 Å². The number of rotatable bonds is 4. The first-order valence-corrected chi connectivity index (χ1v) is 9.80. The molecule has 0 bridgehead atoms. The second-order valence-electron chi connectivity index (χ2n) is 6.08. The van der Waals surface area contributed by atoms with Gasteiger partial charge in [-0.2, -0.15) is 0 Å². The average Bonchev–Trinajstić information content (AvgIpc) is 2.56. The monoisotopic (exact) mass is 348 g/mol. The Labute approximate surface area is 143 Å². The number of hydrogen-bond acceptors (Lipinski definition) is 3. The molecule has 3 rings (SSSR count). The van der Waals surface area contributed by atoms with Crippen molar-refractivity contribution in [2.45, 2.75) is 6.54 Å². The van der Waals surface area contributed by atoms with Crippen LogP contribution in [0.3, 0.4) is 0 Å². The fourth-order valence-electron chi connectivity index (χ4n) is 3.06. The molecule has 0 aromatic heterocycles. The number of hydrogen-bond donors (Lipinski definition) is 0. The molecule has 0 aliphatic carbocycles. The zero-order valence-electron chi connectivity index (χ0n) is 13.7. The third-order valence-electron chi connectivity index (χ3n) is 4.38. The van der Waals surface area contributed by atoms with Crippen molar-refractivity contribution in [3.05, 3.63) is 59.9 Å². The Morgan fingerprint density at radius 1 is 1.00 bits per heavy atom. The summed E-state index contributed by atoms with van der Waals surface area (Å²) < 4.78 is 38.8. The first-order valence-electron chi connectivity index (χ1n) is 7.95. The number of nitrogens with zero attached hydrogens (tertiary/aromatic N) is 2. The molecule has 1 aliphatic heterocycles. The van der Waals surface area contributed by atoms with Gasteiger partial charge in [-0.1, -0.05) is 46.7 Å². The molecule has 2 aromatic carbocycles. The second kappa shape index (κ2) is 7.11. The van der Waals surface area contributed by atoms with Gasteiger partial charge in [-0.25, -0.2) is 4.39 Å². The van der Waals surface area contributed by atoms with Crippen LogP contribution < -0.4 is 0 Å². The molecule has 1 aliphatic rings. The van der Waals surface area contributed by atoms with Crippen molar-refractivity contribution in [2.24, 2.45) is 0 Å². The molecule has 1 fully saturated rings. The number of benzene rings is 2. The first-order chi connectivity index (χ1) is 11.4. The van der Waals surface area contributed by atoms with Gasteiger partial charge in [-0.05, 0) is 17.2 Å². The second-order valence-corrected chi connectivity index (χ2v) is 8.06. The Hall–Kier alpha value is -1.60. The normalized spacial score (nSPS) is 19.1. The van der Waals surface area contributed by atoms with Crippen LogP contribution in [-0.4, -0.2) is 46.2 Å². The SMILES string of the molecule is C[S+](=O)([O-])N1CCN(Cc2ccccc2-c2ccccc2F)CC1. The van der Waals surface area contributed by atoms with Crippen LogP contribution >= 0.6 is 0 Å². The first kappa shape index (κ1) is 17.2. The zero-order chi connectivity index (χ0) is 17.2. The summed E-state index contributed by atoms with van der Waals surface area (Å²) in [5, 5.41) is 0. The van der Waals surface area contributed by atoms with E-state index in [1.54, 1.807) is 12.1 Å². The fourth-order valence-corrected chi connectivity index (χ4v) is 3.89. The van der Waals surface area contributed by atoms with Crippen LogP contribution in [-0.2, 0) is 21.2 Å². The third-order valence-corrected chi connectivity index (χ3v) is 5.68. The van der Waals surface area contributed by atoms with E-state index in [-0.39, 0.29) is 5.82 Å². The van der Waals surface area contributed by atoms with Gasteiger partial charge >= 0.3 is 0 Å². The fraction of sp³-hybridized carbons (Fsp3) is 0.333. The minimum absolute atomic E-state index is 0.230. The van der Waals surface area contributed by atoms with Crippen LogP contribution in [0, 0.1) is 5.82 Å². The molecule has 1 unspecified atom stereocenters. The Morgan fingerprint density at radius 3 is 2.21 bits per heavy atom. The van der Waals surface area contributed by atoms with E-state index in [4.69, 9.17) is 0 Å². The predicted molar refractivity (Wildman–Crippen MR) is 93.4 cm³/mol. The zero-order valence-corrected chi connectivity index (χ0v) is 14.5. The van der Waals surface area contributed by atoms with Crippen molar-refractivity contribution in [3.8, 4) is 11.1 Å². The van der Waals surface area contributed by atoms with Crippen molar-refractivity contribution in [1.82, 2.24) is 9.21 Å².